The van der Waals surface area contributed by atoms with Gasteiger partial charge in [0.1, 0.15) is 0 Å². The van der Waals surface area contributed by atoms with Gasteiger partial charge in [0, 0.05) is 36.0 Å². The molecule has 0 radical (unpaired) electrons. The molecule has 0 aliphatic carbocycles. The molecule has 0 bridgehead atoms. The Hall–Kier alpha value is -2.62. The van der Waals surface area contributed by atoms with Crippen molar-refractivity contribution in [1.82, 2.24) is 15.3 Å². The molecule has 0 saturated carbocycles. The van der Waals surface area contributed by atoms with E-state index in [4.69, 9.17) is 0 Å². The van der Waals surface area contributed by atoms with Gasteiger partial charge >= 0.3 is 0 Å². The molecule has 0 fully saturated rings. The molecule has 0 aliphatic heterocycles. The Labute approximate surface area is 123 Å². The van der Waals surface area contributed by atoms with E-state index >= 15 is 0 Å². The van der Waals surface area contributed by atoms with Crippen LogP contribution in [-0.2, 0) is 17.8 Å². The number of fused-ring (bicyclic) bond motifs is 1. The van der Waals surface area contributed by atoms with Gasteiger partial charge in [0.15, 0.2) is 0 Å². The quantitative estimate of drug-likeness (QED) is 0.771. The maximum Gasteiger partial charge on any atom is 0.224 e. The van der Waals surface area contributed by atoms with Crippen molar-refractivity contribution >= 4 is 16.8 Å². The summed E-state index contributed by atoms with van der Waals surface area (Å²) in [5, 5.41) is 4.06. The first-order chi connectivity index (χ1) is 10.2. The summed E-state index contributed by atoms with van der Waals surface area (Å²) in [7, 11) is 0. The highest BCUT2D eigenvalue weighted by Gasteiger charge is 2.08. The molecule has 3 rings (SSSR count). The second-order valence-corrected chi connectivity index (χ2v) is 5.17. The van der Waals surface area contributed by atoms with Gasteiger partial charge in [-0.15, -0.1) is 0 Å². The Morgan fingerprint density at radius 3 is 2.86 bits per heavy atom. The smallest absolute Gasteiger partial charge is 0.224 e. The first-order valence-electron chi connectivity index (χ1n) is 6.94. The van der Waals surface area contributed by atoms with Crippen molar-refractivity contribution in [1.29, 1.82) is 0 Å². The Bertz CT molecular complexity index is 762. The molecule has 0 saturated heterocycles. The summed E-state index contributed by atoms with van der Waals surface area (Å²) in [5.41, 5.74) is 4.34. The summed E-state index contributed by atoms with van der Waals surface area (Å²) in [6.45, 7) is 2.59. The second kappa shape index (κ2) is 5.79. The van der Waals surface area contributed by atoms with Crippen molar-refractivity contribution in [3.05, 3.63) is 65.6 Å². The van der Waals surface area contributed by atoms with Crippen molar-refractivity contribution in [2.45, 2.75) is 19.9 Å². The summed E-state index contributed by atoms with van der Waals surface area (Å²) >= 11 is 0. The molecule has 1 aromatic carbocycles. The number of hydrogen-bond acceptors (Lipinski definition) is 2. The lowest BCUT2D eigenvalue weighted by atomic mass is 10.1. The van der Waals surface area contributed by atoms with E-state index in [2.05, 4.69) is 34.3 Å². The van der Waals surface area contributed by atoms with Gasteiger partial charge in [0.05, 0.1) is 6.42 Å². The highest BCUT2D eigenvalue weighted by atomic mass is 16.1. The van der Waals surface area contributed by atoms with E-state index in [0.717, 1.165) is 22.0 Å². The van der Waals surface area contributed by atoms with Crippen LogP contribution in [0.5, 0.6) is 0 Å². The topological polar surface area (TPSA) is 57.8 Å². The van der Waals surface area contributed by atoms with Crippen LogP contribution in [0, 0.1) is 6.92 Å². The predicted molar refractivity (Wildman–Crippen MR) is 82.8 cm³/mol. The normalized spacial score (nSPS) is 10.7. The minimum absolute atomic E-state index is 0.0224. The van der Waals surface area contributed by atoms with Crippen LogP contribution in [0.25, 0.3) is 10.9 Å². The molecule has 4 nitrogen and oxygen atoms in total. The summed E-state index contributed by atoms with van der Waals surface area (Å²) in [4.78, 5) is 19.2. The van der Waals surface area contributed by atoms with E-state index < -0.39 is 0 Å². The number of carbonyl (C=O) groups excluding carboxylic acids is 1. The molecule has 1 amide bonds. The van der Waals surface area contributed by atoms with E-state index in [0.29, 0.717) is 13.0 Å². The van der Waals surface area contributed by atoms with E-state index in [1.54, 1.807) is 12.4 Å². The minimum atomic E-state index is 0.0224. The fourth-order valence-electron chi connectivity index (χ4n) is 2.38. The maximum absolute atomic E-state index is 12.1. The van der Waals surface area contributed by atoms with Crippen LogP contribution in [0.1, 0.15) is 16.7 Å². The SMILES string of the molecule is Cc1ccc2[nH]cc(CC(=O)NCc3ccncc3)c2c1. The van der Waals surface area contributed by atoms with Gasteiger partial charge < -0.3 is 10.3 Å². The van der Waals surface area contributed by atoms with Crippen molar-refractivity contribution in [2.75, 3.05) is 0 Å². The Kier molecular flexibility index (Phi) is 3.69. The molecule has 3 aromatic rings. The average Bonchev–Trinajstić information content (AvgIpc) is 2.88. The zero-order chi connectivity index (χ0) is 14.7. The van der Waals surface area contributed by atoms with Gasteiger partial charge in [-0.3, -0.25) is 9.78 Å². The Balaban J connectivity index is 1.67. The molecule has 2 heterocycles. The fraction of sp³-hybridized carbons (Fsp3) is 0.176. The molecular weight excluding hydrogens is 262 g/mol. The van der Waals surface area contributed by atoms with Crippen LogP contribution in [0.4, 0.5) is 0 Å². The number of nitrogens with one attached hydrogen (secondary N) is 2. The number of aromatic amines is 1. The van der Waals surface area contributed by atoms with Crippen LogP contribution in [0.2, 0.25) is 0 Å². The van der Waals surface area contributed by atoms with E-state index in [1.807, 2.05) is 24.4 Å². The lowest BCUT2D eigenvalue weighted by Crippen LogP contribution is -2.24. The number of nitrogens with zero attached hydrogens (tertiary/aromatic N) is 1. The van der Waals surface area contributed by atoms with Crippen molar-refractivity contribution < 1.29 is 4.79 Å². The molecule has 4 heteroatoms. The van der Waals surface area contributed by atoms with Crippen molar-refractivity contribution in [3.8, 4) is 0 Å². The second-order valence-electron chi connectivity index (χ2n) is 5.17. The highest BCUT2D eigenvalue weighted by molar-refractivity contribution is 5.89. The average molecular weight is 279 g/mol. The zero-order valence-electron chi connectivity index (χ0n) is 11.9. The largest absolute Gasteiger partial charge is 0.361 e. The van der Waals surface area contributed by atoms with E-state index in [9.17, 15) is 4.79 Å². The number of benzene rings is 1. The number of amides is 1. The third-order valence-electron chi connectivity index (χ3n) is 3.51. The first-order valence-corrected chi connectivity index (χ1v) is 6.94. The van der Waals surface area contributed by atoms with Gasteiger partial charge in [0.25, 0.3) is 0 Å². The Morgan fingerprint density at radius 2 is 2.05 bits per heavy atom. The fourth-order valence-corrected chi connectivity index (χ4v) is 2.38. The number of rotatable bonds is 4. The zero-order valence-corrected chi connectivity index (χ0v) is 11.9. The van der Waals surface area contributed by atoms with Gasteiger partial charge in [-0.25, -0.2) is 0 Å². The van der Waals surface area contributed by atoms with Crippen molar-refractivity contribution in [3.63, 3.8) is 0 Å². The highest BCUT2D eigenvalue weighted by Crippen LogP contribution is 2.20. The third-order valence-corrected chi connectivity index (χ3v) is 3.51. The molecule has 0 spiro atoms. The van der Waals surface area contributed by atoms with E-state index in [-0.39, 0.29) is 5.91 Å². The standard InChI is InChI=1S/C17H17N3O/c1-12-2-3-16-15(8-12)14(11-19-16)9-17(21)20-10-13-4-6-18-7-5-13/h2-8,11,19H,9-10H2,1H3,(H,20,21). The van der Waals surface area contributed by atoms with Gasteiger partial charge in [-0.1, -0.05) is 11.6 Å². The lowest BCUT2D eigenvalue weighted by molar-refractivity contribution is -0.120. The van der Waals surface area contributed by atoms with Crippen molar-refractivity contribution in [2.24, 2.45) is 0 Å². The minimum Gasteiger partial charge on any atom is -0.361 e. The number of aromatic nitrogens is 2. The number of aryl methyl sites for hydroxylation is 1. The number of pyridine rings is 1. The number of hydrogen-bond donors (Lipinski definition) is 2. The predicted octanol–water partition coefficient (Wildman–Crippen LogP) is 2.73. The van der Waals surface area contributed by atoms with Crippen LogP contribution in [-0.4, -0.2) is 15.9 Å². The molecule has 0 unspecified atom stereocenters. The van der Waals surface area contributed by atoms with Crippen LogP contribution >= 0.6 is 0 Å². The van der Waals surface area contributed by atoms with Crippen LogP contribution < -0.4 is 5.32 Å². The van der Waals surface area contributed by atoms with Gasteiger partial charge in [-0.2, -0.15) is 0 Å². The summed E-state index contributed by atoms with van der Waals surface area (Å²) < 4.78 is 0. The molecule has 0 atom stereocenters. The summed E-state index contributed by atoms with van der Waals surface area (Å²) in [6.07, 6.45) is 5.75. The summed E-state index contributed by atoms with van der Waals surface area (Å²) in [6, 6.07) is 10.0. The van der Waals surface area contributed by atoms with E-state index in [1.165, 1.54) is 5.56 Å². The number of carbonyl (C=O) groups is 1. The lowest BCUT2D eigenvalue weighted by Gasteiger charge is -2.05. The van der Waals surface area contributed by atoms with Gasteiger partial charge in [0.2, 0.25) is 5.91 Å². The van der Waals surface area contributed by atoms with Crippen LogP contribution in [0.3, 0.4) is 0 Å². The first kappa shape index (κ1) is 13.4. The molecule has 2 aromatic heterocycles. The molecule has 0 aliphatic rings. The maximum atomic E-state index is 12.1. The molecular formula is C17H17N3O. The van der Waals surface area contributed by atoms with Gasteiger partial charge in [-0.05, 0) is 42.3 Å². The monoisotopic (exact) mass is 279 g/mol. The molecule has 2 N–H and O–H groups in total. The Morgan fingerprint density at radius 1 is 1.24 bits per heavy atom. The molecule has 21 heavy (non-hydrogen) atoms. The molecule has 106 valence electrons. The summed E-state index contributed by atoms with van der Waals surface area (Å²) in [5.74, 6) is 0.0224. The van der Waals surface area contributed by atoms with Crippen LogP contribution in [0.15, 0.2) is 48.9 Å². The third kappa shape index (κ3) is 3.11. The number of H-pyrrole nitrogens is 1.